The lowest BCUT2D eigenvalue weighted by atomic mass is 10.1. The summed E-state index contributed by atoms with van der Waals surface area (Å²) in [5.41, 5.74) is 2.52. The molecule has 1 N–H and O–H groups in total. The second-order valence-electron chi connectivity index (χ2n) is 7.96. The van der Waals surface area contributed by atoms with Gasteiger partial charge in [0.15, 0.2) is 0 Å². The lowest BCUT2D eigenvalue weighted by Crippen LogP contribution is -2.31. The van der Waals surface area contributed by atoms with Crippen LogP contribution in [0.25, 0.3) is 0 Å². The summed E-state index contributed by atoms with van der Waals surface area (Å²) in [6, 6.07) is 20.2. The molecule has 0 spiro atoms. The van der Waals surface area contributed by atoms with E-state index in [1.165, 1.54) is 18.2 Å². The number of ether oxygens (including phenoxy) is 2. The van der Waals surface area contributed by atoms with Crippen LogP contribution in [0.15, 0.2) is 72.8 Å². The highest BCUT2D eigenvalue weighted by Gasteiger charge is 2.35. The number of anilines is 1. The number of fused-ring (bicyclic) bond motifs is 1. The largest absolute Gasteiger partial charge is 0.457 e. The molecule has 8 heteroatoms. The number of nitrogens with zero attached hydrogens (tertiary/aromatic N) is 1. The Bertz CT molecular complexity index is 1250. The van der Waals surface area contributed by atoms with Crippen molar-refractivity contribution in [3.05, 3.63) is 101 Å². The van der Waals surface area contributed by atoms with Gasteiger partial charge in [-0.25, -0.2) is 4.79 Å². The third-order valence-corrected chi connectivity index (χ3v) is 5.55. The number of hydrogen-bond donors (Lipinski definition) is 1. The molecule has 0 unspecified atom stereocenters. The Labute approximate surface area is 202 Å². The summed E-state index contributed by atoms with van der Waals surface area (Å²) in [5, 5.41) is 2.81. The van der Waals surface area contributed by atoms with Crippen molar-refractivity contribution in [2.75, 3.05) is 25.6 Å². The van der Waals surface area contributed by atoms with Gasteiger partial charge in [-0.2, -0.15) is 0 Å². The number of rotatable bonds is 9. The summed E-state index contributed by atoms with van der Waals surface area (Å²) in [6.07, 6.45) is 0.531. The third-order valence-electron chi connectivity index (χ3n) is 5.55. The minimum atomic E-state index is -0.614. The van der Waals surface area contributed by atoms with E-state index in [0.717, 1.165) is 4.90 Å². The molecule has 0 bridgehead atoms. The van der Waals surface area contributed by atoms with Gasteiger partial charge in [0, 0.05) is 31.5 Å². The Kier molecular flexibility index (Phi) is 7.32. The second-order valence-corrected chi connectivity index (χ2v) is 7.96. The molecule has 0 aromatic heterocycles. The summed E-state index contributed by atoms with van der Waals surface area (Å²) < 4.78 is 10.3. The number of methoxy groups -OCH3 is 1. The standard InChI is InChI=1S/C27H24N2O6/c1-34-15-5-14-29-25(31)22-13-12-20(16-23(22)26(29)32)27(33)35-17-18-8-10-19(11-9-18)24(30)28-21-6-3-2-4-7-21/h2-4,6-13,16H,5,14-15,17H2,1H3,(H,28,30). The van der Waals surface area contributed by atoms with Crippen molar-refractivity contribution in [2.24, 2.45) is 0 Å². The Morgan fingerprint density at radius 1 is 0.857 bits per heavy atom. The summed E-state index contributed by atoms with van der Waals surface area (Å²) in [4.78, 5) is 51.2. The van der Waals surface area contributed by atoms with E-state index < -0.39 is 11.9 Å². The van der Waals surface area contributed by atoms with E-state index >= 15 is 0 Å². The van der Waals surface area contributed by atoms with Gasteiger partial charge < -0.3 is 14.8 Å². The maximum absolute atomic E-state index is 12.6. The fourth-order valence-corrected chi connectivity index (χ4v) is 3.70. The number of carbonyl (C=O) groups is 4. The lowest BCUT2D eigenvalue weighted by molar-refractivity contribution is 0.0472. The highest BCUT2D eigenvalue weighted by molar-refractivity contribution is 6.22. The zero-order valence-electron chi connectivity index (χ0n) is 19.2. The maximum Gasteiger partial charge on any atom is 0.338 e. The highest BCUT2D eigenvalue weighted by Crippen LogP contribution is 2.25. The molecule has 4 rings (SSSR count). The van der Waals surface area contributed by atoms with Crippen molar-refractivity contribution in [1.29, 1.82) is 0 Å². The molecule has 178 valence electrons. The quantitative estimate of drug-likeness (QED) is 0.288. The fourth-order valence-electron chi connectivity index (χ4n) is 3.70. The second kappa shape index (κ2) is 10.8. The molecule has 8 nitrogen and oxygen atoms in total. The van der Waals surface area contributed by atoms with Crippen LogP contribution >= 0.6 is 0 Å². The molecule has 35 heavy (non-hydrogen) atoms. The molecule has 3 aromatic carbocycles. The van der Waals surface area contributed by atoms with Crippen molar-refractivity contribution in [3.8, 4) is 0 Å². The first-order valence-electron chi connectivity index (χ1n) is 11.1. The first-order valence-corrected chi connectivity index (χ1v) is 11.1. The van der Waals surface area contributed by atoms with Crippen molar-refractivity contribution >= 4 is 29.4 Å². The van der Waals surface area contributed by atoms with E-state index in [1.807, 2.05) is 18.2 Å². The molecule has 1 heterocycles. The van der Waals surface area contributed by atoms with Gasteiger partial charge in [0.1, 0.15) is 6.61 Å². The smallest absolute Gasteiger partial charge is 0.338 e. The molecule has 0 fully saturated rings. The maximum atomic E-state index is 12.6. The topological polar surface area (TPSA) is 102 Å². The van der Waals surface area contributed by atoms with Crippen LogP contribution in [0.3, 0.4) is 0 Å². The number of hydrogen-bond acceptors (Lipinski definition) is 6. The van der Waals surface area contributed by atoms with Crippen LogP contribution in [0, 0.1) is 0 Å². The summed E-state index contributed by atoms with van der Waals surface area (Å²) in [7, 11) is 1.55. The van der Waals surface area contributed by atoms with Crippen LogP contribution in [0.4, 0.5) is 5.69 Å². The van der Waals surface area contributed by atoms with Gasteiger partial charge in [0.2, 0.25) is 0 Å². The van der Waals surface area contributed by atoms with Crippen molar-refractivity contribution in [3.63, 3.8) is 0 Å². The molecular formula is C27H24N2O6. The van der Waals surface area contributed by atoms with Gasteiger partial charge in [0.05, 0.1) is 16.7 Å². The molecule has 0 radical (unpaired) electrons. The predicted molar refractivity (Wildman–Crippen MR) is 128 cm³/mol. The number of esters is 1. The summed E-state index contributed by atoms with van der Waals surface area (Å²) in [6.45, 7) is 0.676. The summed E-state index contributed by atoms with van der Waals surface area (Å²) in [5.74, 6) is -1.66. The van der Waals surface area contributed by atoms with Crippen molar-refractivity contribution in [1.82, 2.24) is 4.90 Å². The van der Waals surface area contributed by atoms with E-state index in [1.54, 1.807) is 43.5 Å². The van der Waals surface area contributed by atoms with Crippen LogP contribution in [0.1, 0.15) is 53.4 Å². The molecule has 0 aliphatic carbocycles. The number of para-hydroxylation sites is 1. The Morgan fingerprint density at radius 2 is 1.54 bits per heavy atom. The van der Waals surface area contributed by atoms with Gasteiger partial charge in [0.25, 0.3) is 17.7 Å². The molecule has 0 saturated carbocycles. The van der Waals surface area contributed by atoms with E-state index in [9.17, 15) is 19.2 Å². The zero-order valence-corrected chi connectivity index (χ0v) is 19.2. The van der Waals surface area contributed by atoms with E-state index in [-0.39, 0.29) is 41.7 Å². The SMILES string of the molecule is COCCCN1C(=O)c2ccc(C(=O)OCc3ccc(C(=O)Nc4ccccc4)cc3)cc2C1=O. The number of carbonyl (C=O) groups excluding carboxylic acids is 4. The van der Waals surface area contributed by atoms with Gasteiger partial charge >= 0.3 is 5.97 Å². The van der Waals surface area contributed by atoms with Crippen molar-refractivity contribution in [2.45, 2.75) is 13.0 Å². The van der Waals surface area contributed by atoms with Gasteiger partial charge in [-0.15, -0.1) is 0 Å². The summed E-state index contributed by atoms with van der Waals surface area (Å²) >= 11 is 0. The fraction of sp³-hybridized carbons (Fsp3) is 0.185. The highest BCUT2D eigenvalue weighted by atomic mass is 16.5. The lowest BCUT2D eigenvalue weighted by Gasteiger charge is -2.12. The van der Waals surface area contributed by atoms with Crippen LogP contribution in [0.5, 0.6) is 0 Å². The van der Waals surface area contributed by atoms with Crippen LogP contribution in [-0.2, 0) is 16.1 Å². The first kappa shape index (κ1) is 23.8. The van der Waals surface area contributed by atoms with Gasteiger partial charge in [-0.3, -0.25) is 19.3 Å². The van der Waals surface area contributed by atoms with E-state index in [0.29, 0.717) is 29.8 Å². The van der Waals surface area contributed by atoms with Gasteiger partial charge in [-0.05, 0) is 54.4 Å². The Morgan fingerprint density at radius 3 is 2.26 bits per heavy atom. The number of amides is 3. The number of benzene rings is 3. The molecule has 0 saturated heterocycles. The third kappa shape index (κ3) is 5.44. The average Bonchev–Trinajstić information content (AvgIpc) is 3.12. The molecule has 3 amide bonds. The minimum Gasteiger partial charge on any atom is -0.457 e. The van der Waals surface area contributed by atoms with E-state index in [4.69, 9.17) is 9.47 Å². The zero-order chi connectivity index (χ0) is 24.8. The molecule has 3 aromatic rings. The van der Waals surface area contributed by atoms with Crippen LogP contribution in [-0.4, -0.2) is 48.9 Å². The normalized spacial score (nSPS) is 12.4. The number of imide groups is 1. The van der Waals surface area contributed by atoms with E-state index in [2.05, 4.69) is 5.32 Å². The Balaban J connectivity index is 1.35. The van der Waals surface area contributed by atoms with Gasteiger partial charge in [-0.1, -0.05) is 30.3 Å². The van der Waals surface area contributed by atoms with Crippen molar-refractivity contribution < 1.29 is 28.7 Å². The molecule has 0 atom stereocenters. The molecular weight excluding hydrogens is 448 g/mol. The minimum absolute atomic E-state index is 0.00742. The molecule has 1 aliphatic heterocycles. The van der Waals surface area contributed by atoms with Crippen LogP contribution in [0.2, 0.25) is 0 Å². The average molecular weight is 472 g/mol. The monoisotopic (exact) mass is 472 g/mol. The van der Waals surface area contributed by atoms with Crippen LogP contribution < -0.4 is 5.32 Å². The molecule has 1 aliphatic rings. The predicted octanol–water partition coefficient (Wildman–Crippen LogP) is 3.93. The Hall–Kier alpha value is -4.30. The number of nitrogens with one attached hydrogen (secondary N) is 1. The first-order chi connectivity index (χ1) is 17.0.